The molecule has 4 heteroatoms. The number of nitrogens with one attached hydrogen (secondary N) is 1. The number of H-pyrrole nitrogens is 1. The van der Waals surface area contributed by atoms with Crippen LogP contribution in [-0.2, 0) is 4.74 Å². The Balaban J connectivity index is 1.69. The average Bonchev–Trinajstić information content (AvgIpc) is 2.79. The molecule has 1 atom stereocenters. The first kappa shape index (κ1) is 12.1. The Hall–Kier alpha value is -1.65. The van der Waals surface area contributed by atoms with Gasteiger partial charge in [0.05, 0.1) is 19.3 Å². The lowest BCUT2D eigenvalue weighted by Gasteiger charge is -2.41. The van der Waals surface area contributed by atoms with Crippen molar-refractivity contribution in [3.05, 3.63) is 36.2 Å². The van der Waals surface area contributed by atoms with Crippen LogP contribution in [0.2, 0.25) is 0 Å². The van der Waals surface area contributed by atoms with E-state index in [1.165, 1.54) is 16.5 Å². The molecule has 2 aromatic heterocycles. The van der Waals surface area contributed by atoms with E-state index in [0.717, 1.165) is 32.0 Å². The highest BCUT2D eigenvalue weighted by Crippen LogP contribution is 2.30. The lowest BCUT2D eigenvalue weighted by molar-refractivity contribution is -0.0637. The number of aromatic amines is 1. The minimum atomic E-state index is 0.584. The van der Waals surface area contributed by atoms with E-state index in [-0.39, 0.29) is 0 Å². The maximum atomic E-state index is 5.34. The summed E-state index contributed by atoms with van der Waals surface area (Å²) < 4.78 is 5.34. The number of hydrogen-bond acceptors (Lipinski definition) is 3. The topological polar surface area (TPSA) is 41.2 Å². The van der Waals surface area contributed by atoms with E-state index < -0.39 is 0 Å². The fraction of sp³-hybridized carbons (Fsp3) is 0.438. The maximum Gasteiger partial charge on any atom is 0.137 e. The van der Waals surface area contributed by atoms with E-state index in [0.29, 0.717) is 12.0 Å². The second-order valence-corrected chi connectivity index (χ2v) is 5.89. The minimum absolute atomic E-state index is 0.584. The van der Waals surface area contributed by atoms with Gasteiger partial charge in [-0.15, -0.1) is 0 Å². The smallest absolute Gasteiger partial charge is 0.137 e. The van der Waals surface area contributed by atoms with Gasteiger partial charge < -0.3 is 9.72 Å². The summed E-state index contributed by atoms with van der Waals surface area (Å²) in [6, 6.07) is 4.75. The molecule has 0 radical (unpaired) electrons. The van der Waals surface area contributed by atoms with E-state index in [2.05, 4.69) is 40.1 Å². The fourth-order valence-electron chi connectivity index (χ4n) is 3.21. The highest BCUT2D eigenvalue weighted by atomic mass is 16.5. The number of nitrogens with zero attached hydrogens (tertiary/aromatic N) is 2. The predicted octanol–water partition coefficient (Wildman–Crippen LogP) is 2.30. The number of fused-ring (bicyclic) bond motifs is 1. The Labute approximate surface area is 118 Å². The zero-order chi connectivity index (χ0) is 13.5. The normalized spacial score (nSPS) is 24.6. The molecule has 0 bridgehead atoms. The molecule has 104 valence electrons. The van der Waals surface area contributed by atoms with Crippen molar-refractivity contribution in [3.8, 4) is 0 Å². The van der Waals surface area contributed by atoms with Gasteiger partial charge in [0, 0.05) is 36.4 Å². The molecule has 2 aliphatic heterocycles. The standard InChI is InChI=1S/C16H19N3O/c1-11-5-12(8-19(7-11)13-9-20-10-13)15-6-18-16-14(15)3-2-4-17-16/h2-6,11,13H,7-10H2,1H3,(H,17,18)/t11-/m1/s1. The molecule has 1 fully saturated rings. The quantitative estimate of drug-likeness (QED) is 0.909. The Morgan fingerprint density at radius 1 is 1.40 bits per heavy atom. The van der Waals surface area contributed by atoms with Crippen molar-refractivity contribution in [2.45, 2.75) is 13.0 Å². The summed E-state index contributed by atoms with van der Waals surface area (Å²) in [5, 5.41) is 1.22. The van der Waals surface area contributed by atoms with Crippen molar-refractivity contribution in [1.82, 2.24) is 14.9 Å². The zero-order valence-corrected chi connectivity index (χ0v) is 11.7. The van der Waals surface area contributed by atoms with E-state index in [1.807, 2.05) is 12.3 Å². The van der Waals surface area contributed by atoms with Crippen molar-refractivity contribution in [2.75, 3.05) is 26.3 Å². The van der Waals surface area contributed by atoms with Gasteiger partial charge in [0.15, 0.2) is 0 Å². The Bertz CT molecular complexity index is 657. The zero-order valence-electron chi connectivity index (χ0n) is 11.7. The summed E-state index contributed by atoms with van der Waals surface area (Å²) in [5.74, 6) is 0.584. The summed E-state index contributed by atoms with van der Waals surface area (Å²) in [6.45, 7) is 6.21. The van der Waals surface area contributed by atoms with Crippen LogP contribution in [0.4, 0.5) is 0 Å². The molecule has 1 N–H and O–H groups in total. The summed E-state index contributed by atoms with van der Waals surface area (Å²) in [6.07, 6.45) is 6.33. The van der Waals surface area contributed by atoms with Crippen LogP contribution in [0, 0.1) is 5.92 Å². The lowest BCUT2D eigenvalue weighted by atomic mass is 9.94. The first-order valence-electron chi connectivity index (χ1n) is 7.26. The predicted molar refractivity (Wildman–Crippen MR) is 79.4 cm³/mol. The largest absolute Gasteiger partial charge is 0.378 e. The molecule has 0 spiro atoms. The summed E-state index contributed by atoms with van der Waals surface area (Å²) >= 11 is 0. The summed E-state index contributed by atoms with van der Waals surface area (Å²) in [4.78, 5) is 10.2. The number of rotatable bonds is 2. The molecule has 2 aliphatic rings. The molecule has 0 aromatic carbocycles. The molecule has 4 nitrogen and oxygen atoms in total. The van der Waals surface area contributed by atoms with Crippen LogP contribution in [-0.4, -0.2) is 47.2 Å². The second kappa shape index (κ2) is 4.72. The minimum Gasteiger partial charge on any atom is -0.378 e. The molecule has 20 heavy (non-hydrogen) atoms. The van der Waals surface area contributed by atoms with Gasteiger partial charge >= 0.3 is 0 Å². The van der Waals surface area contributed by atoms with Crippen molar-refractivity contribution < 1.29 is 4.74 Å². The summed E-state index contributed by atoms with van der Waals surface area (Å²) in [5.41, 5.74) is 3.68. The van der Waals surface area contributed by atoms with E-state index in [9.17, 15) is 0 Å². The van der Waals surface area contributed by atoms with Gasteiger partial charge in [0.2, 0.25) is 0 Å². The number of ether oxygens (including phenoxy) is 1. The molecule has 0 amide bonds. The van der Waals surface area contributed by atoms with Gasteiger partial charge in [-0.1, -0.05) is 13.0 Å². The first-order chi connectivity index (χ1) is 9.81. The van der Waals surface area contributed by atoms with Crippen LogP contribution >= 0.6 is 0 Å². The molecule has 4 rings (SSSR count). The fourth-order valence-corrected chi connectivity index (χ4v) is 3.21. The third-order valence-electron chi connectivity index (χ3n) is 4.32. The summed E-state index contributed by atoms with van der Waals surface area (Å²) in [7, 11) is 0. The van der Waals surface area contributed by atoms with Crippen molar-refractivity contribution in [2.24, 2.45) is 5.92 Å². The third kappa shape index (κ3) is 1.96. The van der Waals surface area contributed by atoms with Crippen molar-refractivity contribution >= 4 is 16.6 Å². The molecule has 2 aromatic rings. The van der Waals surface area contributed by atoms with Gasteiger partial charge in [0.25, 0.3) is 0 Å². The first-order valence-corrected chi connectivity index (χ1v) is 7.26. The van der Waals surface area contributed by atoms with Gasteiger partial charge in [-0.25, -0.2) is 4.98 Å². The molecule has 0 saturated carbocycles. The molecule has 4 heterocycles. The molecule has 0 unspecified atom stereocenters. The van der Waals surface area contributed by atoms with Crippen LogP contribution in [0.3, 0.4) is 0 Å². The second-order valence-electron chi connectivity index (χ2n) is 5.89. The number of aromatic nitrogens is 2. The molecule has 1 saturated heterocycles. The van der Waals surface area contributed by atoms with Crippen LogP contribution < -0.4 is 0 Å². The molecular weight excluding hydrogens is 250 g/mol. The van der Waals surface area contributed by atoms with E-state index in [4.69, 9.17) is 4.74 Å². The Morgan fingerprint density at radius 3 is 3.10 bits per heavy atom. The van der Waals surface area contributed by atoms with Crippen LogP contribution in [0.1, 0.15) is 12.5 Å². The lowest BCUT2D eigenvalue weighted by Crippen LogP contribution is -2.51. The van der Waals surface area contributed by atoms with Crippen LogP contribution in [0.15, 0.2) is 30.6 Å². The van der Waals surface area contributed by atoms with Gasteiger partial charge in [-0.05, 0) is 23.6 Å². The van der Waals surface area contributed by atoms with Crippen molar-refractivity contribution in [3.63, 3.8) is 0 Å². The van der Waals surface area contributed by atoms with Gasteiger partial charge in [-0.3, -0.25) is 4.90 Å². The Morgan fingerprint density at radius 2 is 2.30 bits per heavy atom. The monoisotopic (exact) mass is 269 g/mol. The van der Waals surface area contributed by atoms with E-state index in [1.54, 1.807) is 0 Å². The highest BCUT2D eigenvalue weighted by Gasteiger charge is 2.30. The van der Waals surface area contributed by atoms with E-state index >= 15 is 0 Å². The maximum absolute atomic E-state index is 5.34. The Kier molecular flexibility index (Phi) is 2.86. The third-order valence-corrected chi connectivity index (χ3v) is 4.32. The SMILES string of the molecule is C[C@@H]1C=C(c2c[nH]c3ncccc23)CN(C2COC2)C1. The van der Waals surface area contributed by atoms with Crippen LogP contribution in [0.25, 0.3) is 16.6 Å². The highest BCUT2D eigenvalue weighted by molar-refractivity contribution is 5.91. The average molecular weight is 269 g/mol. The number of pyridine rings is 1. The number of hydrogen-bond donors (Lipinski definition) is 1. The van der Waals surface area contributed by atoms with Gasteiger partial charge in [-0.2, -0.15) is 0 Å². The molecule has 0 aliphatic carbocycles. The molecular formula is C16H19N3O. The van der Waals surface area contributed by atoms with Crippen LogP contribution in [0.5, 0.6) is 0 Å². The van der Waals surface area contributed by atoms with Crippen molar-refractivity contribution in [1.29, 1.82) is 0 Å². The van der Waals surface area contributed by atoms with Gasteiger partial charge in [0.1, 0.15) is 5.65 Å².